The number of thiophene rings is 1. The second-order valence-electron chi connectivity index (χ2n) is 8.99. The number of hydrogen-bond acceptors (Lipinski definition) is 7. The van der Waals surface area contributed by atoms with Crippen molar-refractivity contribution in [3.63, 3.8) is 0 Å². The third-order valence-corrected chi connectivity index (χ3v) is 9.28. The number of piperidine rings is 1. The second kappa shape index (κ2) is 9.97. The van der Waals surface area contributed by atoms with Crippen molar-refractivity contribution in [2.45, 2.75) is 57.9 Å². The van der Waals surface area contributed by atoms with Gasteiger partial charge in [-0.3, -0.25) is 4.79 Å². The van der Waals surface area contributed by atoms with E-state index < -0.39 is 10.0 Å². The molecule has 8 nitrogen and oxygen atoms in total. The molecular formula is C24H30N4O4S2. The van der Waals surface area contributed by atoms with Gasteiger partial charge in [0.1, 0.15) is 0 Å². The van der Waals surface area contributed by atoms with Gasteiger partial charge in [-0.2, -0.15) is 9.29 Å². The largest absolute Gasteiger partial charge is 0.352 e. The topological polar surface area (TPSA) is 105 Å². The van der Waals surface area contributed by atoms with E-state index in [9.17, 15) is 13.2 Å². The summed E-state index contributed by atoms with van der Waals surface area (Å²) in [6.07, 6.45) is 1.31. The van der Waals surface area contributed by atoms with E-state index in [4.69, 9.17) is 4.52 Å². The first kappa shape index (κ1) is 24.6. The molecule has 0 unspecified atom stereocenters. The van der Waals surface area contributed by atoms with Crippen molar-refractivity contribution in [3.8, 4) is 10.7 Å². The highest BCUT2D eigenvalue weighted by atomic mass is 32.2. The van der Waals surface area contributed by atoms with Crippen LogP contribution >= 0.6 is 11.3 Å². The maximum atomic E-state index is 13.5. The standard InChI is InChI=1S/C24H30N4O4S2/c1-15(2)24-26-22(27-32-24)20-12-21(17(4)33-20)34(30,31)28-11-7-10-19(14-28)23(29)25-13-18-9-6-5-8-16(18)3/h5-6,8-9,12,15,19H,7,10-11,13-14H2,1-4H3,(H,25,29)/t19-/m1/s1. The summed E-state index contributed by atoms with van der Waals surface area (Å²) < 4.78 is 33.7. The molecule has 10 heteroatoms. The van der Waals surface area contributed by atoms with Crippen molar-refractivity contribution in [2.75, 3.05) is 13.1 Å². The van der Waals surface area contributed by atoms with E-state index in [0.29, 0.717) is 47.4 Å². The molecule has 3 aromatic rings. The van der Waals surface area contributed by atoms with E-state index in [0.717, 1.165) is 11.1 Å². The molecule has 4 rings (SSSR count). The van der Waals surface area contributed by atoms with Gasteiger partial charge in [0.15, 0.2) is 0 Å². The Morgan fingerprint density at radius 1 is 1.29 bits per heavy atom. The summed E-state index contributed by atoms with van der Waals surface area (Å²) in [5, 5.41) is 6.99. The zero-order chi connectivity index (χ0) is 24.5. The minimum atomic E-state index is -3.75. The van der Waals surface area contributed by atoms with E-state index in [-0.39, 0.29) is 29.2 Å². The molecule has 0 spiro atoms. The van der Waals surface area contributed by atoms with E-state index in [1.54, 1.807) is 13.0 Å². The Morgan fingerprint density at radius 2 is 2.06 bits per heavy atom. The lowest BCUT2D eigenvalue weighted by Gasteiger charge is -2.31. The third kappa shape index (κ3) is 5.08. The van der Waals surface area contributed by atoms with E-state index >= 15 is 0 Å². The second-order valence-corrected chi connectivity index (χ2v) is 12.2. The number of nitrogens with zero attached hydrogens (tertiary/aromatic N) is 3. The average Bonchev–Trinajstić information content (AvgIpc) is 3.46. The van der Waals surface area contributed by atoms with Gasteiger partial charge < -0.3 is 9.84 Å². The van der Waals surface area contributed by atoms with Crippen LogP contribution in [0.3, 0.4) is 0 Å². The van der Waals surface area contributed by atoms with Gasteiger partial charge in [-0.05, 0) is 43.9 Å². The molecule has 1 aromatic carbocycles. The van der Waals surface area contributed by atoms with E-state index in [1.807, 2.05) is 45.0 Å². The Balaban J connectivity index is 1.47. The smallest absolute Gasteiger partial charge is 0.244 e. The Bertz CT molecular complexity index is 1280. The molecule has 1 N–H and O–H groups in total. The monoisotopic (exact) mass is 502 g/mol. The van der Waals surface area contributed by atoms with E-state index in [2.05, 4.69) is 15.5 Å². The highest BCUT2D eigenvalue weighted by molar-refractivity contribution is 7.89. The molecule has 1 saturated heterocycles. The van der Waals surface area contributed by atoms with Crippen LogP contribution in [0.25, 0.3) is 10.7 Å². The number of nitrogens with one attached hydrogen (secondary N) is 1. The number of carbonyl (C=O) groups is 1. The van der Waals surface area contributed by atoms with Gasteiger partial charge in [-0.25, -0.2) is 8.42 Å². The Labute approximate surface area is 204 Å². The molecule has 34 heavy (non-hydrogen) atoms. The summed E-state index contributed by atoms with van der Waals surface area (Å²) in [7, 11) is -3.75. The van der Waals surface area contributed by atoms with Crippen LogP contribution < -0.4 is 5.32 Å². The number of carbonyl (C=O) groups excluding carboxylic acids is 1. The van der Waals surface area contributed by atoms with Gasteiger partial charge in [0.2, 0.25) is 27.6 Å². The summed E-state index contributed by atoms with van der Waals surface area (Å²) in [5.41, 5.74) is 2.17. The maximum Gasteiger partial charge on any atom is 0.244 e. The van der Waals surface area contributed by atoms with Gasteiger partial charge in [0.25, 0.3) is 0 Å². The molecule has 1 aliphatic rings. The molecule has 3 heterocycles. The van der Waals surface area contributed by atoms with Crippen LogP contribution in [0.15, 0.2) is 39.8 Å². The predicted octanol–water partition coefficient (Wildman–Crippen LogP) is 4.26. The Kier molecular flexibility index (Phi) is 7.20. The zero-order valence-corrected chi connectivity index (χ0v) is 21.5. The fraction of sp³-hybridized carbons (Fsp3) is 0.458. The van der Waals surface area contributed by atoms with Crippen molar-refractivity contribution >= 4 is 27.3 Å². The number of hydrogen-bond donors (Lipinski definition) is 1. The van der Waals surface area contributed by atoms with Gasteiger partial charge >= 0.3 is 0 Å². The summed E-state index contributed by atoms with van der Waals surface area (Å²) in [4.78, 5) is 18.8. The van der Waals surface area contributed by atoms with Gasteiger partial charge in [0.05, 0.1) is 15.7 Å². The lowest BCUT2D eigenvalue weighted by molar-refractivity contribution is -0.126. The number of benzene rings is 1. The molecule has 1 amide bonds. The van der Waals surface area contributed by atoms with Crippen LogP contribution in [-0.2, 0) is 21.4 Å². The summed E-state index contributed by atoms with van der Waals surface area (Å²) >= 11 is 1.33. The summed E-state index contributed by atoms with van der Waals surface area (Å²) in [6, 6.07) is 9.51. The number of amides is 1. The lowest BCUT2D eigenvalue weighted by atomic mass is 9.98. The highest BCUT2D eigenvalue weighted by Crippen LogP contribution is 2.35. The normalized spacial score (nSPS) is 17.3. The summed E-state index contributed by atoms with van der Waals surface area (Å²) in [6.45, 7) is 8.70. The maximum absolute atomic E-state index is 13.5. The molecule has 1 aliphatic heterocycles. The first-order valence-corrected chi connectivity index (χ1v) is 13.7. The van der Waals surface area contributed by atoms with Crippen LogP contribution in [0.1, 0.15) is 54.5 Å². The highest BCUT2D eigenvalue weighted by Gasteiger charge is 2.35. The Morgan fingerprint density at radius 3 is 2.76 bits per heavy atom. The van der Waals surface area contributed by atoms with Crippen molar-refractivity contribution in [1.82, 2.24) is 19.8 Å². The van der Waals surface area contributed by atoms with Gasteiger partial charge in [-0.15, -0.1) is 11.3 Å². The van der Waals surface area contributed by atoms with Crippen molar-refractivity contribution < 1.29 is 17.7 Å². The molecule has 0 bridgehead atoms. The molecule has 0 aliphatic carbocycles. The molecular weight excluding hydrogens is 472 g/mol. The molecule has 1 atom stereocenters. The number of aromatic nitrogens is 2. The van der Waals surface area contributed by atoms with Crippen LogP contribution in [0.2, 0.25) is 0 Å². The summed E-state index contributed by atoms with van der Waals surface area (Å²) in [5.74, 6) is 0.509. The minimum absolute atomic E-state index is 0.0905. The van der Waals surface area contributed by atoms with Crippen molar-refractivity contribution in [1.29, 1.82) is 0 Å². The molecule has 2 aromatic heterocycles. The molecule has 0 saturated carbocycles. The van der Waals surface area contributed by atoms with Gasteiger partial charge in [0, 0.05) is 30.4 Å². The van der Waals surface area contributed by atoms with Crippen molar-refractivity contribution in [3.05, 3.63) is 52.2 Å². The van der Waals surface area contributed by atoms with Gasteiger partial charge in [-0.1, -0.05) is 43.3 Å². The van der Waals surface area contributed by atoms with Crippen LogP contribution in [-0.4, -0.2) is 41.9 Å². The first-order chi connectivity index (χ1) is 16.2. The number of rotatable bonds is 7. The van der Waals surface area contributed by atoms with Crippen molar-refractivity contribution in [2.24, 2.45) is 5.92 Å². The van der Waals surface area contributed by atoms with E-state index in [1.165, 1.54) is 15.6 Å². The fourth-order valence-corrected chi connectivity index (χ4v) is 7.06. The minimum Gasteiger partial charge on any atom is -0.352 e. The van der Waals surface area contributed by atoms with Crippen LogP contribution in [0.5, 0.6) is 0 Å². The predicted molar refractivity (Wildman–Crippen MR) is 131 cm³/mol. The quantitative estimate of drug-likeness (QED) is 0.518. The number of aryl methyl sites for hydroxylation is 2. The molecule has 1 fully saturated rings. The zero-order valence-electron chi connectivity index (χ0n) is 19.9. The van der Waals surface area contributed by atoms with Crippen LogP contribution in [0.4, 0.5) is 0 Å². The lowest BCUT2D eigenvalue weighted by Crippen LogP contribution is -2.45. The number of sulfonamides is 1. The molecule has 182 valence electrons. The average molecular weight is 503 g/mol. The first-order valence-electron chi connectivity index (χ1n) is 11.4. The fourth-order valence-electron chi connectivity index (χ4n) is 4.05. The molecule has 0 radical (unpaired) electrons. The third-order valence-electron chi connectivity index (χ3n) is 6.12. The SMILES string of the molecule is Cc1ccccc1CNC(=O)[C@@H]1CCCN(S(=O)(=O)c2cc(-c3noc(C(C)C)n3)sc2C)C1. The Hall–Kier alpha value is -2.56. The van der Waals surface area contributed by atoms with Crippen LogP contribution in [0, 0.1) is 19.8 Å².